The van der Waals surface area contributed by atoms with E-state index in [1.807, 2.05) is 0 Å². The molecule has 4 aromatic rings. The van der Waals surface area contributed by atoms with Gasteiger partial charge in [-0.2, -0.15) is 4.57 Å². The topological polar surface area (TPSA) is 7.12 Å². The Labute approximate surface area is 154 Å². The Morgan fingerprint density at radius 3 is 2.54 bits per heavy atom. The molecule has 1 aliphatic rings. The number of nitrogens with zero attached hydrogens (tertiary/aromatic N) is 2. The molecular formula is C21H16IN2+. The van der Waals surface area contributed by atoms with E-state index in [9.17, 15) is 0 Å². The first-order valence-corrected chi connectivity index (χ1v) is 9.12. The molecule has 1 aliphatic heterocycles. The Balaban J connectivity index is 2.08. The van der Waals surface area contributed by atoms with Crippen molar-refractivity contribution in [2.75, 3.05) is 11.9 Å². The smallest absolute Gasteiger partial charge is 0.215 e. The number of fused-ring (bicyclic) bond motifs is 4. The fourth-order valence-electron chi connectivity index (χ4n) is 4.00. The monoisotopic (exact) mass is 421 g/mol. The van der Waals surface area contributed by atoms with Crippen molar-refractivity contribution in [1.82, 2.24) is 0 Å². The summed E-state index contributed by atoms with van der Waals surface area (Å²) in [7, 11) is 4.35. The van der Waals surface area contributed by atoms with E-state index in [0.717, 1.165) is 0 Å². The molecule has 0 saturated heterocycles. The number of para-hydroxylation sites is 1. The van der Waals surface area contributed by atoms with Crippen LogP contribution in [0.15, 0.2) is 60.7 Å². The summed E-state index contributed by atoms with van der Waals surface area (Å²) < 4.78 is 3.57. The van der Waals surface area contributed by atoms with Crippen LogP contribution in [0.3, 0.4) is 0 Å². The van der Waals surface area contributed by atoms with Gasteiger partial charge in [-0.3, -0.25) is 0 Å². The summed E-state index contributed by atoms with van der Waals surface area (Å²) in [4.78, 5) is 2.36. The average molecular weight is 421 g/mol. The number of halogens is 1. The number of benzene rings is 3. The van der Waals surface area contributed by atoms with E-state index in [1.54, 1.807) is 0 Å². The highest BCUT2D eigenvalue weighted by Gasteiger charge is 2.28. The maximum atomic E-state index is 2.39. The van der Waals surface area contributed by atoms with Gasteiger partial charge in [-0.1, -0.05) is 30.3 Å². The highest BCUT2D eigenvalue weighted by atomic mass is 125. The number of rotatable bonds is 0. The summed E-state index contributed by atoms with van der Waals surface area (Å²) in [5.74, 6) is 0. The second kappa shape index (κ2) is 4.93. The van der Waals surface area contributed by atoms with Crippen molar-refractivity contribution in [3.63, 3.8) is 0 Å². The Morgan fingerprint density at radius 1 is 0.875 bits per heavy atom. The molecule has 0 radical (unpaired) electrons. The predicted octanol–water partition coefficient (Wildman–Crippen LogP) is 5.17. The van der Waals surface area contributed by atoms with Gasteiger partial charge in [0.1, 0.15) is 7.05 Å². The average Bonchev–Trinajstić information content (AvgIpc) is 2.61. The maximum absolute atomic E-state index is 2.39. The molecule has 0 unspecified atom stereocenters. The second-order valence-electron chi connectivity index (χ2n) is 6.34. The van der Waals surface area contributed by atoms with Crippen LogP contribution in [0.25, 0.3) is 32.9 Å². The zero-order valence-electron chi connectivity index (χ0n) is 13.5. The predicted molar refractivity (Wildman–Crippen MR) is 109 cm³/mol. The third-order valence-corrected chi connectivity index (χ3v) is 5.78. The van der Waals surface area contributed by atoms with Crippen LogP contribution in [-0.4, -0.2) is 7.05 Å². The lowest BCUT2D eigenvalue weighted by molar-refractivity contribution is -0.617. The van der Waals surface area contributed by atoms with Crippen molar-refractivity contribution in [2.45, 2.75) is 0 Å². The number of anilines is 2. The maximum Gasteiger partial charge on any atom is 0.215 e. The first kappa shape index (κ1) is 14.2. The minimum absolute atomic E-state index is 1.26. The highest BCUT2D eigenvalue weighted by Crippen LogP contribution is 2.48. The zero-order valence-corrected chi connectivity index (χ0v) is 15.7. The molecule has 116 valence electrons. The van der Waals surface area contributed by atoms with Crippen molar-refractivity contribution >= 4 is 55.8 Å². The van der Waals surface area contributed by atoms with Crippen molar-refractivity contribution in [2.24, 2.45) is 7.05 Å². The zero-order chi connectivity index (χ0) is 16.4. The van der Waals surface area contributed by atoms with Crippen molar-refractivity contribution in [3.05, 3.63) is 64.2 Å². The van der Waals surface area contributed by atoms with Gasteiger partial charge < -0.3 is 4.90 Å². The van der Waals surface area contributed by atoms with Crippen LogP contribution in [0.1, 0.15) is 0 Å². The molecule has 1 aromatic heterocycles. The third-order valence-electron chi connectivity index (χ3n) is 5.11. The van der Waals surface area contributed by atoms with Gasteiger partial charge in [0.15, 0.2) is 0 Å². The number of aryl methyl sites for hydroxylation is 1. The lowest BCUT2D eigenvalue weighted by Gasteiger charge is -2.30. The minimum atomic E-state index is 1.26. The van der Waals surface area contributed by atoms with E-state index in [2.05, 4.69) is 107 Å². The second-order valence-corrected chi connectivity index (χ2v) is 7.59. The Kier molecular flexibility index (Phi) is 2.92. The summed E-state index contributed by atoms with van der Waals surface area (Å²) in [6.07, 6.45) is 0. The quantitative estimate of drug-likeness (QED) is 0.216. The third kappa shape index (κ3) is 1.73. The van der Waals surface area contributed by atoms with Crippen LogP contribution >= 0.6 is 22.6 Å². The number of pyridine rings is 1. The molecule has 0 atom stereocenters. The van der Waals surface area contributed by atoms with E-state index >= 15 is 0 Å². The molecule has 5 rings (SSSR count). The molecule has 2 nitrogen and oxygen atoms in total. The summed E-state index contributed by atoms with van der Waals surface area (Å²) >= 11 is 2.39. The van der Waals surface area contributed by atoms with Gasteiger partial charge in [0.05, 0.1) is 16.5 Å². The molecule has 0 aliphatic carbocycles. The van der Waals surface area contributed by atoms with Crippen LogP contribution in [-0.2, 0) is 7.05 Å². The molecule has 0 spiro atoms. The lowest BCUT2D eigenvalue weighted by Crippen LogP contribution is -2.32. The molecule has 0 N–H and O–H groups in total. The van der Waals surface area contributed by atoms with Gasteiger partial charge in [0.2, 0.25) is 11.0 Å². The van der Waals surface area contributed by atoms with Gasteiger partial charge in [-0.15, -0.1) is 0 Å². The van der Waals surface area contributed by atoms with Crippen LogP contribution in [0.5, 0.6) is 0 Å². The Bertz CT molecular complexity index is 1150. The molecular weight excluding hydrogens is 405 g/mol. The Hall–Kier alpha value is -2.14. The SMILES string of the molecule is CN1c2cc([125I])ccc2-c2cccc3c2c1c1ccccc1[n+]3C. The number of aromatic nitrogens is 1. The first-order chi connectivity index (χ1) is 11.7. The van der Waals surface area contributed by atoms with Crippen LogP contribution in [0.2, 0.25) is 0 Å². The van der Waals surface area contributed by atoms with E-state index in [1.165, 1.54) is 47.9 Å². The molecule has 3 aromatic carbocycles. The van der Waals surface area contributed by atoms with Crippen LogP contribution in [0, 0.1) is 3.57 Å². The molecule has 3 heteroatoms. The van der Waals surface area contributed by atoms with E-state index in [-0.39, 0.29) is 0 Å². The van der Waals surface area contributed by atoms with Crippen LogP contribution in [0.4, 0.5) is 11.4 Å². The Morgan fingerprint density at radius 2 is 1.67 bits per heavy atom. The van der Waals surface area contributed by atoms with Crippen molar-refractivity contribution in [3.8, 4) is 11.1 Å². The molecule has 0 bridgehead atoms. The summed E-state index contributed by atoms with van der Waals surface area (Å²) in [5.41, 5.74) is 7.76. The summed E-state index contributed by atoms with van der Waals surface area (Å²) in [6.45, 7) is 0. The molecule has 2 heterocycles. The molecule has 24 heavy (non-hydrogen) atoms. The lowest BCUT2D eigenvalue weighted by atomic mass is 9.91. The fraction of sp³-hybridized carbons (Fsp3) is 0.0952. The number of hydrogen-bond donors (Lipinski definition) is 0. The normalized spacial score (nSPS) is 12.7. The van der Waals surface area contributed by atoms with Gasteiger partial charge in [-0.05, 0) is 46.4 Å². The molecule has 0 amide bonds. The van der Waals surface area contributed by atoms with Gasteiger partial charge >= 0.3 is 0 Å². The van der Waals surface area contributed by atoms with E-state index < -0.39 is 0 Å². The van der Waals surface area contributed by atoms with E-state index in [4.69, 9.17) is 0 Å². The van der Waals surface area contributed by atoms with Crippen molar-refractivity contribution in [1.29, 1.82) is 0 Å². The largest absolute Gasteiger partial charge is 0.343 e. The highest BCUT2D eigenvalue weighted by molar-refractivity contribution is 14.1. The van der Waals surface area contributed by atoms with E-state index in [0.29, 0.717) is 0 Å². The van der Waals surface area contributed by atoms with Crippen LogP contribution < -0.4 is 9.47 Å². The summed E-state index contributed by atoms with van der Waals surface area (Å²) in [5, 5.41) is 2.64. The first-order valence-electron chi connectivity index (χ1n) is 8.04. The van der Waals surface area contributed by atoms with Crippen molar-refractivity contribution < 1.29 is 4.57 Å². The minimum Gasteiger partial charge on any atom is -0.343 e. The van der Waals surface area contributed by atoms with Gasteiger partial charge in [0, 0.05) is 34.0 Å². The fourth-order valence-corrected chi connectivity index (χ4v) is 4.48. The van der Waals surface area contributed by atoms with Gasteiger partial charge in [0.25, 0.3) is 0 Å². The number of hydrogen-bond acceptors (Lipinski definition) is 1. The standard InChI is InChI=1S/C21H16IN2/c1-23-17-8-4-3-6-16(17)21-20-15(7-5-9-18(20)23)14-11-10-13(22)12-19(14)24(21)2/h3-12H,1-2H3/q+1/i22-2. The summed E-state index contributed by atoms with van der Waals surface area (Å²) in [6, 6.07) is 22.0. The molecule has 0 fully saturated rings. The molecule has 0 saturated carbocycles. The van der Waals surface area contributed by atoms with Gasteiger partial charge in [-0.25, -0.2) is 0 Å².